The van der Waals surface area contributed by atoms with Gasteiger partial charge in [0.1, 0.15) is 11.0 Å². The maximum absolute atomic E-state index is 6.12. The highest BCUT2D eigenvalue weighted by atomic mass is 35.5. The fourth-order valence-corrected chi connectivity index (χ4v) is 3.50. The summed E-state index contributed by atoms with van der Waals surface area (Å²) in [5, 5.41) is 7.67. The van der Waals surface area contributed by atoms with Gasteiger partial charge in [0.25, 0.3) is 0 Å². The second-order valence-corrected chi connectivity index (χ2v) is 7.37. The van der Waals surface area contributed by atoms with Crippen LogP contribution in [-0.2, 0) is 20.1 Å². The molecule has 3 heterocycles. The zero-order chi connectivity index (χ0) is 19.2. The molecule has 6 nitrogen and oxygen atoms in total. The van der Waals surface area contributed by atoms with Gasteiger partial charge in [0.15, 0.2) is 5.96 Å². The molecule has 1 aliphatic rings. The summed E-state index contributed by atoms with van der Waals surface area (Å²) in [4.78, 5) is 11.6. The minimum Gasteiger partial charge on any atom is -0.357 e. The van der Waals surface area contributed by atoms with Crippen molar-refractivity contribution in [1.29, 1.82) is 0 Å². The van der Waals surface area contributed by atoms with Crippen molar-refractivity contribution in [2.45, 2.75) is 32.9 Å². The number of pyridine rings is 1. The molecule has 0 amide bonds. The molecule has 0 aromatic carbocycles. The first kappa shape index (κ1) is 19.8. The van der Waals surface area contributed by atoms with E-state index in [9.17, 15) is 0 Å². The molecule has 0 radical (unpaired) electrons. The van der Waals surface area contributed by atoms with Crippen molar-refractivity contribution in [1.82, 2.24) is 20.2 Å². The van der Waals surface area contributed by atoms with Crippen LogP contribution in [0, 0.1) is 0 Å². The third-order valence-corrected chi connectivity index (χ3v) is 5.50. The Bertz CT molecular complexity index is 778. The number of aliphatic imine (C=N–C) groups is 1. The first-order valence-electron chi connectivity index (χ1n) is 9.30. The molecule has 2 N–H and O–H groups in total. The normalized spacial score (nSPS) is 14.7. The van der Waals surface area contributed by atoms with E-state index in [0.717, 1.165) is 42.7 Å². The highest BCUT2D eigenvalue weighted by molar-refractivity contribution is 6.41. The standard InChI is InChI=1S/C19H26Cl2N6/c1-3-22-19(25-13-15-10-16(20)18(21)26(15)2)24-12-14-6-7-17(23-11-14)27-8-4-5-9-27/h6-7,10-11H,3-5,8-9,12-13H2,1-2H3,(H2,22,24,25). The summed E-state index contributed by atoms with van der Waals surface area (Å²) in [5.74, 6) is 1.80. The van der Waals surface area contributed by atoms with Gasteiger partial charge in [0.2, 0.25) is 0 Å². The van der Waals surface area contributed by atoms with E-state index in [0.29, 0.717) is 23.3 Å². The smallest absolute Gasteiger partial charge is 0.191 e. The van der Waals surface area contributed by atoms with E-state index in [2.05, 4.69) is 37.6 Å². The van der Waals surface area contributed by atoms with Gasteiger partial charge in [0, 0.05) is 38.6 Å². The van der Waals surface area contributed by atoms with Crippen LogP contribution in [0.25, 0.3) is 0 Å². The lowest BCUT2D eigenvalue weighted by Crippen LogP contribution is -2.37. The Balaban J connectivity index is 1.60. The summed E-state index contributed by atoms with van der Waals surface area (Å²) in [6.45, 7) is 6.18. The summed E-state index contributed by atoms with van der Waals surface area (Å²) in [5.41, 5.74) is 2.08. The molecule has 0 spiro atoms. The predicted octanol–water partition coefficient (Wildman–Crippen LogP) is 3.58. The highest BCUT2D eigenvalue weighted by Gasteiger charge is 2.13. The van der Waals surface area contributed by atoms with Crippen LogP contribution in [0.15, 0.2) is 29.4 Å². The monoisotopic (exact) mass is 408 g/mol. The highest BCUT2D eigenvalue weighted by Crippen LogP contribution is 2.25. The maximum Gasteiger partial charge on any atom is 0.191 e. The zero-order valence-electron chi connectivity index (χ0n) is 15.8. The van der Waals surface area contributed by atoms with Gasteiger partial charge >= 0.3 is 0 Å². The van der Waals surface area contributed by atoms with Crippen LogP contribution in [0.2, 0.25) is 10.2 Å². The van der Waals surface area contributed by atoms with Gasteiger partial charge in [-0.25, -0.2) is 9.98 Å². The number of anilines is 1. The molecule has 2 aromatic rings. The van der Waals surface area contributed by atoms with Crippen LogP contribution in [0.4, 0.5) is 5.82 Å². The van der Waals surface area contributed by atoms with E-state index < -0.39 is 0 Å². The van der Waals surface area contributed by atoms with Gasteiger partial charge in [-0.15, -0.1) is 0 Å². The first-order valence-corrected chi connectivity index (χ1v) is 10.1. The molecule has 0 atom stereocenters. The molecule has 1 fully saturated rings. The topological polar surface area (TPSA) is 57.5 Å². The van der Waals surface area contributed by atoms with E-state index >= 15 is 0 Å². The molecule has 3 rings (SSSR count). The second kappa shape index (κ2) is 9.33. The molecule has 1 aliphatic heterocycles. The Labute approximate surface area is 170 Å². The van der Waals surface area contributed by atoms with Gasteiger partial charge in [-0.1, -0.05) is 29.3 Å². The largest absolute Gasteiger partial charge is 0.357 e. The fourth-order valence-electron chi connectivity index (χ4n) is 3.09. The summed E-state index contributed by atoms with van der Waals surface area (Å²) in [6, 6.07) is 6.05. The summed E-state index contributed by atoms with van der Waals surface area (Å²) >= 11 is 12.2. The van der Waals surface area contributed by atoms with Crippen molar-refractivity contribution < 1.29 is 0 Å². The summed E-state index contributed by atoms with van der Waals surface area (Å²) < 4.78 is 1.86. The van der Waals surface area contributed by atoms with Gasteiger partial charge in [-0.2, -0.15) is 0 Å². The van der Waals surface area contributed by atoms with E-state index in [1.54, 1.807) is 0 Å². The second-order valence-electron chi connectivity index (χ2n) is 6.60. The average Bonchev–Trinajstić information content (AvgIpc) is 3.30. The third kappa shape index (κ3) is 5.08. The van der Waals surface area contributed by atoms with Gasteiger partial charge in [0.05, 0.1) is 18.1 Å². The van der Waals surface area contributed by atoms with Crippen LogP contribution >= 0.6 is 23.2 Å². The Morgan fingerprint density at radius 3 is 2.59 bits per heavy atom. The van der Waals surface area contributed by atoms with Crippen molar-refractivity contribution in [3.8, 4) is 0 Å². The van der Waals surface area contributed by atoms with Crippen LogP contribution < -0.4 is 15.5 Å². The number of guanidine groups is 1. The molecule has 8 heteroatoms. The van der Waals surface area contributed by atoms with Crippen LogP contribution in [-0.4, -0.2) is 35.1 Å². The minimum atomic E-state index is 0.541. The van der Waals surface area contributed by atoms with E-state index in [1.807, 2.05) is 30.8 Å². The van der Waals surface area contributed by atoms with E-state index in [1.165, 1.54) is 12.8 Å². The minimum absolute atomic E-state index is 0.541. The molecule has 0 aliphatic carbocycles. The number of rotatable bonds is 6. The predicted molar refractivity (Wildman–Crippen MR) is 113 cm³/mol. The number of nitrogens with one attached hydrogen (secondary N) is 2. The third-order valence-electron chi connectivity index (χ3n) is 4.66. The summed E-state index contributed by atoms with van der Waals surface area (Å²) in [6.07, 6.45) is 4.42. The zero-order valence-corrected chi connectivity index (χ0v) is 17.3. The molecular weight excluding hydrogens is 383 g/mol. The van der Waals surface area contributed by atoms with Gasteiger partial charge < -0.3 is 20.1 Å². The van der Waals surface area contributed by atoms with Crippen LogP contribution in [0.3, 0.4) is 0 Å². The van der Waals surface area contributed by atoms with Crippen molar-refractivity contribution >= 4 is 35.0 Å². The Morgan fingerprint density at radius 2 is 2.00 bits per heavy atom. The molecule has 0 saturated carbocycles. The lowest BCUT2D eigenvalue weighted by atomic mass is 10.3. The van der Waals surface area contributed by atoms with Crippen molar-refractivity contribution in [3.05, 3.63) is 45.8 Å². The number of aromatic nitrogens is 2. The molecule has 0 bridgehead atoms. The van der Waals surface area contributed by atoms with Gasteiger partial charge in [-0.3, -0.25) is 0 Å². The summed E-state index contributed by atoms with van der Waals surface area (Å²) in [7, 11) is 1.89. The molecule has 146 valence electrons. The molecule has 1 saturated heterocycles. The number of nitrogens with zero attached hydrogens (tertiary/aromatic N) is 4. The Kier molecular flexibility index (Phi) is 6.85. The average molecular weight is 409 g/mol. The maximum atomic E-state index is 6.12. The van der Waals surface area contributed by atoms with E-state index in [-0.39, 0.29) is 0 Å². The number of halogens is 2. The Morgan fingerprint density at radius 1 is 1.22 bits per heavy atom. The van der Waals surface area contributed by atoms with E-state index in [4.69, 9.17) is 23.2 Å². The molecule has 27 heavy (non-hydrogen) atoms. The van der Waals surface area contributed by atoms with Crippen LogP contribution in [0.1, 0.15) is 31.0 Å². The molecule has 0 unspecified atom stereocenters. The van der Waals surface area contributed by atoms with Gasteiger partial charge in [-0.05, 0) is 37.5 Å². The van der Waals surface area contributed by atoms with Crippen molar-refractivity contribution in [2.24, 2.45) is 12.0 Å². The van der Waals surface area contributed by atoms with Crippen molar-refractivity contribution in [3.63, 3.8) is 0 Å². The SMILES string of the molecule is CCNC(=NCc1ccc(N2CCCC2)nc1)NCc1cc(Cl)c(Cl)n1C. The van der Waals surface area contributed by atoms with Crippen molar-refractivity contribution in [2.75, 3.05) is 24.5 Å². The lowest BCUT2D eigenvalue weighted by Gasteiger charge is -2.16. The molecular formula is C19H26Cl2N6. The number of hydrogen-bond acceptors (Lipinski definition) is 3. The first-order chi connectivity index (χ1) is 13.1. The number of hydrogen-bond donors (Lipinski definition) is 2. The Hall–Kier alpha value is -1.92. The fraction of sp³-hybridized carbons (Fsp3) is 0.474. The lowest BCUT2D eigenvalue weighted by molar-refractivity contribution is 0.752. The molecule has 2 aromatic heterocycles. The van der Waals surface area contributed by atoms with Crippen LogP contribution in [0.5, 0.6) is 0 Å². The quantitative estimate of drug-likeness (QED) is 0.566.